The minimum atomic E-state index is -0.329. The Bertz CT molecular complexity index is 1180. The molecule has 0 aliphatic heterocycles. The van der Waals surface area contributed by atoms with E-state index < -0.39 is 0 Å². The maximum atomic E-state index is 12.7. The third kappa shape index (κ3) is 4.26. The molecule has 0 saturated carbocycles. The van der Waals surface area contributed by atoms with Gasteiger partial charge in [-0.1, -0.05) is 77.8 Å². The Balaban J connectivity index is 1.70. The lowest BCUT2D eigenvalue weighted by molar-refractivity contribution is 0.0940. The molecule has 4 rings (SSSR count). The van der Waals surface area contributed by atoms with Crippen LogP contribution < -0.4 is 5.32 Å². The highest BCUT2D eigenvalue weighted by Gasteiger charge is 2.19. The van der Waals surface area contributed by atoms with Gasteiger partial charge in [0.1, 0.15) is 0 Å². The van der Waals surface area contributed by atoms with E-state index >= 15 is 0 Å². The van der Waals surface area contributed by atoms with Gasteiger partial charge in [0.2, 0.25) is 5.82 Å². The lowest BCUT2D eigenvalue weighted by Gasteiger charge is -2.08. The largest absolute Gasteiger partial charge is 0.345 e. The average molecular weight is 417 g/mol. The van der Waals surface area contributed by atoms with Crippen LogP contribution in [0.5, 0.6) is 0 Å². The van der Waals surface area contributed by atoms with Crippen molar-refractivity contribution in [1.29, 1.82) is 0 Å². The molecule has 1 amide bonds. The van der Waals surface area contributed by atoms with Crippen molar-refractivity contribution in [3.05, 3.63) is 100 Å². The quantitative estimate of drug-likeness (QED) is 0.490. The molecule has 30 heavy (non-hydrogen) atoms. The number of nitrogens with one attached hydrogen (secondary N) is 1. The summed E-state index contributed by atoms with van der Waals surface area (Å²) in [6, 6.07) is 23.3. The van der Waals surface area contributed by atoms with Crippen molar-refractivity contribution in [2.24, 2.45) is 0 Å². The summed E-state index contributed by atoms with van der Waals surface area (Å²) in [5, 5.41) is 8.01. The molecule has 150 valence electrons. The van der Waals surface area contributed by atoms with Gasteiger partial charge in [-0.2, -0.15) is 0 Å². The van der Waals surface area contributed by atoms with Gasteiger partial charge in [0.15, 0.2) is 5.82 Å². The molecule has 1 heterocycles. The van der Waals surface area contributed by atoms with Crippen LogP contribution in [0.25, 0.3) is 17.1 Å². The highest BCUT2D eigenvalue weighted by Crippen LogP contribution is 2.25. The van der Waals surface area contributed by atoms with Crippen molar-refractivity contribution in [3.8, 4) is 17.1 Å². The van der Waals surface area contributed by atoms with E-state index in [1.807, 2.05) is 86.6 Å². The molecule has 0 bridgehead atoms. The topological polar surface area (TPSA) is 59.8 Å². The second-order valence-electron chi connectivity index (χ2n) is 7.14. The van der Waals surface area contributed by atoms with Crippen LogP contribution in [0.2, 0.25) is 5.02 Å². The van der Waals surface area contributed by atoms with Gasteiger partial charge in [-0.25, -0.2) is 9.67 Å². The summed E-state index contributed by atoms with van der Waals surface area (Å²) in [7, 11) is 0. The third-order valence-corrected chi connectivity index (χ3v) is 5.22. The number of halogens is 1. The SMILES string of the molecule is Cc1ccc(-c2nc(C(=O)NCc3ccccc3)nn2-c2ccc(C)c(Cl)c2)cc1. The minimum Gasteiger partial charge on any atom is -0.345 e. The molecule has 1 aromatic heterocycles. The van der Waals surface area contributed by atoms with Gasteiger partial charge in [-0.15, -0.1) is 5.10 Å². The smallest absolute Gasteiger partial charge is 0.291 e. The van der Waals surface area contributed by atoms with Gasteiger partial charge >= 0.3 is 0 Å². The van der Waals surface area contributed by atoms with Crippen LogP contribution in [0.1, 0.15) is 27.3 Å². The van der Waals surface area contributed by atoms with Crippen molar-refractivity contribution in [2.45, 2.75) is 20.4 Å². The van der Waals surface area contributed by atoms with Gasteiger partial charge in [0, 0.05) is 17.1 Å². The normalized spacial score (nSPS) is 10.8. The molecule has 0 fully saturated rings. The molecule has 0 saturated heterocycles. The summed E-state index contributed by atoms with van der Waals surface area (Å²) in [4.78, 5) is 17.3. The van der Waals surface area contributed by atoms with Crippen LogP contribution in [0.15, 0.2) is 72.8 Å². The van der Waals surface area contributed by atoms with Crippen molar-refractivity contribution in [1.82, 2.24) is 20.1 Å². The summed E-state index contributed by atoms with van der Waals surface area (Å²) in [5.41, 5.74) is 4.74. The summed E-state index contributed by atoms with van der Waals surface area (Å²) < 4.78 is 1.66. The first-order valence-electron chi connectivity index (χ1n) is 9.64. The molecule has 6 heteroatoms. The fourth-order valence-corrected chi connectivity index (χ4v) is 3.22. The second kappa shape index (κ2) is 8.51. The van der Waals surface area contributed by atoms with Gasteiger partial charge in [0.05, 0.1) is 5.69 Å². The Labute approximate surface area is 180 Å². The predicted molar refractivity (Wildman–Crippen MR) is 119 cm³/mol. The van der Waals surface area contributed by atoms with E-state index in [-0.39, 0.29) is 11.7 Å². The van der Waals surface area contributed by atoms with Crippen LogP contribution >= 0.6 is 11.6 Å². The number of nitrogens with zero attached hydrogens (tertiary/aromatic N) is 3. The first kappa shape index (κ1) is 19.9. The average Bonchev–Trinajstić information content (AvgIpc) is 3.21. The van der Waals surface area contributed by atoms with Crippen LogP contribution in [0.4, 0.5) is 0 Å². The number of benzene rings is 3. The fraction of sp³-hybridized carbons (Fsp3) is 0.125. The molecular formula is C24H21ClN4O. The number of aryl methyl sites for hydroxylation is 2. The number of rotatable bonds is 5. The molecule has 4 aromatic rings. The molecule has 1 N–H and O–H groups in total. The number of hydrogen-bond acceptors (Lipinski definition) is 3. The number of carbonyl (C=O) groups excluding carboxylic acids is 1. The molecule has 0 spiro atoms. The van der Waals surface area contributed by atoms with Gasteiger partial charge < -0.3 is 5.32 Å². The number of carbonyl (C=O) groups is 1. The fourth-order valence-electron chi connectivity index (χ4n) is 3.05. The lowest BCUT2D eigenvalue weighted by atomic mass is 10.1. The van der Waals surface area contributed by atoms with E-state index in [9.17, 15) is 4.79 Å². The minimum absolute atomic E-state index is 0.109. The molecule has 5 nitrogen and oxygen atoms in total. The molecule has 0 atom stereocenters. The second-order valence-corrected chi connectivity index (χ2v) is 7.55. The summed E-state index contributed by atoms with van der Waals surface area (Å²) in [6.07, 6.45) is 0. The van der Waals surface area contributed by atoms with Crippen LogP contribution in [-0.4, -0.2) is 20.7 Å². The van der Waals surface area contributed by atoms with E-state index in [1.165, 1.54) is 0 Å². The number of hydrogen-bond donors (Lipinski definition) is 1. The Morgan fingerprint density at radius 2 is 1.73 bits per heavy atom. The third-order valence-electron chi connectivity index (χ3n) is 4.82. The van der Waals surface area contributed by atoms with Crippen molar-refractivity contribution >= 4 is 17.5 Å². The Hall–Kier alpha value is -3.44. The first-order valence-corrected chi connectivity index (χ1v) is 10.0. The van der Waals surface area contributed by atoms with E-state index in [0.717, 1.165) is 27.9 Å². The number of aromatic nitrogens is 3. The Morgan fingerprint density at radius 3 is 2.43 bits per heavy atom. The first-order chi connectivity index (χ1) is 14.5. The van der Waals surface area contributed by atoms with Gasteiger partial charge in [-0.05, 0) is 37.1 Å². The highest BCUT2D eigenvalue weighted by atomic mass is 35.5. The maximum Gasteiger partial charge on any atom is 0.291 e. The Morgan fingerprint density at radius 1 is 1.00 bits per heavy atom. The Kier molecular flexibility index (Phi) is 5.63. The molecule has 3 aromatic carbocycles. The van der Waals surface area contributed by atoms with Crippen molar-refractivity contribution in [3.63, 3.8) is 0 Å². The van der Waals surface area contributed by atoms with Crippen molar-refractivity contribution < 1.29 is 4.79 Å². The molecule has 0 aliphatic rings. The van der Waals surface area contributed by atoms with E-state index in [0.29, 0.717) is 17.4 Å². The summed E-state index contributed by atoms with van der Waals surface area (Å²) in [5.74, 6) is 0.363. The van der Waals surface area contributed by atoms with E-state index in [4.69, 9.17) is 11.6 Å². The zero-order valence-corrected chi connectivity index (χ0v) is 17.5. The zero-order chi connectivity index (χ0) is 21.1. The van der Waals surface area contributed by atoms with Crippen LogP contribution in [0, 0.1) is 13.8 Å². The number of amides is 1. The maximum absolute atomic E-state index is 12.7. The van der Waals surface area contributed by atoms with Crippen molar-refractivity contribution in [2.75, 3.05) is 0 Å². The zero-order valence-electron chi connectivity index (χ0n) is 16.8. The van der Waals surface area contributed by atoms with Crippen LogP contribution in [-0.2, 0) is 6.54 Å². The van der Waals surface area contributed by atoms with Crippen LogP contribution in [0.3, 0.4) is 0 Å². The molecule has 0 aliphatic carbocycles. The molecular weight excluding hydrogens is 396 g/mol. The van der Waals surface area contributed by atoms with Gasteiger partial charge in [0.25, 0.3) is 5.91 Å². The summed E-state index contributed by atoms with van der Waals surface area (Å²) in [6.45, 7) is 4.37. The van der Waals surface area contributed by atoms with E-state index in [2.05, 4.69) is 15.4 Å². The van der Waals surface area contributed by atoms with E-state index in [1.54, 1.807) is 4.68 Å². The highest BCUT2D eigenvalue weighted by molar-refractivity contribution is 6.31. The lowest BCUT2D eigenvalue weighted by Crippen LogP contribution is -2.24. The standard InChI is InChI=1S/C24H21ClN4O/c1-16-8-11-19(12-9-16)23-27-22(24(30)26-15-18-6-4-3-5-7-18)28-29(23)20-13-10-17(2)21(25)14-20/h3-14H,15H2,1-2H3,(H,26,30). The summed E-state index contributed by atoms with van der Waals surface area (Å²) >= 11 is 6.33. The molecule has 0 radical (unpaired) electrons. The predicted octanol–water partition coefficient (Wildman–Crippen LogP) is 5.13. The molecule has 0 unspecified atom stereocenters. The monoisotopic (exact) mass is 416 g/mol. The van der Waals surface area contributed by atoms with Gasteiger partial charge in [-0.3, -0.25) is 4.79 Å².